The number of thiazole rings is 1. The third kappa shape index (κ3) is 3.23. The molecule has 0 atom stereocenters. The van der Waals surface area contributed by atoms with Crippen LogP contribution in [0.3, 0.4) is 0 Å². The first kappa shape index (κ1) is 13.4. The number of rotatable bonds is 5. The highest BCUT2D eigenvalue weighted by atomic mass is 32.1. The van der Waals surface area contributed by atoms with Crippen LogP contribution in [-0.4, -0.2) is 10.9 Å². The smallest absolute Gasteiger partial charge is 0.248 e. The Bertz CT molecular complexity index is 594. The van der Waals surface area contributed by atoms with E-state index in [0.717, 1.165) is 17.1 Å². The fourth-order valence-corrected chi connectivity index (χ4v) is 2.44. The summed E-state index contributed by atoms with van der Waals surface area (Å²) in [6.07, 6.45) is 2.88. The lowest BCUT2D eigenvalue weighted by Crippen LogP contribution is -2.12. The minimum atomic E-state index is -0.481. The molecule has 2 rings (SSSR count). The van der Waals surface area contributed by atoms with Crippen LogP contribution in [0.5, 0.6) is 0 Å². The van der Waals surface area contributed by atoms with E-state index in [2.05, 4.69) is 17.2 Å². The van der Waals surface area contributed by atoms with Crippen LogP contribution in [-0.2, 0) is 13.0 Å². The van der Waals surface area contributed by atoms with E-state index in [-0.39, 0.29) is 0 Å². The molecule has 0 aliphatic heterocycles. The van der Waals surface area contributed by atoms with E-state index in [1.54, 1.807) is 29.5 Å². The average Bonchev–Trinajstić information content (AvgIpc) is 2.85. The van der Waals surface area contributed by atoms with Gasteiger partial charge in [-0.1, -0.05) is 6.92 Å². The lowest BCUT2D eigenvalue weighted by Gasteiger charge is -2.08. The summed E-state index contributed by atoms with van der Waals surface area (Å²) in [4.78, 5) is 16.6. The molecule has 100 valence electrons. The van der Waals surface area contributed by atoms with Gasteiger partial charge in [0.25, 0.3) is 0 Å². The monoisotopic (exact) mass is 276 g/mol. The van der Waals surface area contributed by atoms with Gasteiger partial charge in [-0.2, -0.15) is 0 Å². The predicted octanol–water partition coefficient (Wildman–Crippen LogP) is 2.00. The Morgan fingerprint density at radius 1 is 1.47 bits per heavy atom. The molecule has 0 radical (unpaired) electrons. The molecule has 5 nitrogen and oxygen atoms in total. The molecule has 0 fully saturated rings. The zero-order valence-corrected chi connectivity index (χ0v) is 11.5. The molecule has 0 saturated carbocycles. The molecule has 1 amide bonds. The summed E-state index contributed by atoms with van der Waals surface area (Å²) >= 11 is 1.68. The zero-order chi connectivity index (χ0) is 13.8. The summed E-state index contributed by atoms with van der Waals surface area (Å²) in [7, 11) is 0. The fraction of sp³-hybridized carbons (Fsp3) is 0.231. The van der Waals surface area contributed by atoms with Crippen LogP contribution in [0.2, 0.25) is 0 Å². The van der Waals surface area contributed by atoms with Crippen molar-refractivity contribution in [3.63, 3.8) is 0 Å². The van der Waals surface area contributed by atoms with Crippen molar-refractivity contribution >= 4 is 28.6 Å². The summed E-state index contributed by atoms with van der Waals surface area (Å²) in [6.45, 7) is 2.72. The third-order valence-corrected chi connectivity index (χ3v) is 3.86. The van der Waals surface area contributed by atoms with Gasteiger partial charge in [-0.15, -0.1) is 11.3 Å². The number of benzene rings is 1. The quantitative estimate of drug-likeness (QED) is 0.728. The van der Waals surface area contributed by atoms with Gasteiger partial charge in [-0.05, 0) is 24.6 Å². The first-order chi connectivity index (χ1) is 9.10. The molecule has 1 aromatic heterocycles. The predicted molar refractivity (Wildman–Crippen MR) is 78.2 cm³/mol. The Kier molecular flexibility index (Phi) is 4.01. The maximum Gasteiger partial charge on any atom is 0.248 e. The molecule has 0 saturated heterocycles. The molecular formula is C13H16N4OS. The van der Waals surface area contributed by atoms with Crippen molar-refractivity contribution in [3.05, 3.63) is 39.8 Å². The molecule has 19 heavy (non-hydrogen) atoms. The summed E-state index contributed by atoms with van der Waals surface area (Å²) in [5.41, 5.74) is 12.7. The number of hydrogen-bond donors (Lipinski definition) is 3. The van der Waals surface area contributed by atoms with E-state index < -0.39 is 5.91 Å². The number of carbonyl (C=O) groups is 1. The summed E-state index contributed by atoms with van der Waals surface area (Å²) in [6, 6.07) is 4.98. The molecule has 1 heterocycles. The van der Waals surface area contributed by atoms with Gasteiger partial charge in [0.2, 0.25) is 5.91 Å². The third-order valence-electron chi connectivity index (χ3n) is 2.72. The van der Waals surface area contributed by atoms with Crippen LogP contribution in [0.15, 0.2) is 24.4 Å². The molecule has 1 aromatic carbocycles. The van der Waals surface area contributed by atoms with Crippen LogP contribution in [0.25, 0.3) is 0 Å². The van der Waals surface area contributed by atoms with E-state index in [1.165, 1.54) is 4.88 Å². The highest BCUT2D eigenvalue weighted by molar-refractivity contribution is 7.11. The van der Waals surface area contributed by atoms with Crippen molar-refractivity contribution in [2.24, 2.45) is 5.73 Å². The van der Waals surface area contributed by atoms with Crippen LogP contribution >= 0.6 is 11.3 Å². The topological polar surface area (TPSA) is 94.0 Å². The molecule has 6 heteroatoms. The van der Waals surface area contributed by atoms with Crippen molar-refractivity contribution in [3.8, 4) is 0 Å². The second-order valence-corrected chi connectivity index (χ2v) is 5.29. The molecule has 0 bridgehead atoms. The number of nitrogens with zero attached hydrogens (tertiary/aromatic N) is 1. The Balaban J connectivity index is 2.05. The second-order valence-electron chi connectivity index (χ2n) is 4.09. The Hall–Kier alpha value is -2.08. The normalized spacial score (nSPS) is 10.4. The molecule has 0 unspecified atom stereocenters. The van der Waals surface area contributed by atoms with Crippen molar-refractivity contribution < 1.29 is 4.79 Å². The number of hydrogen-bond acceptors (Lipinski definition) is 5. The van der Waals surface area contributed by atoms with Crippen molar-refractivity contribution in [2.45, 2.75) is 19.9 Å². The van der Waals surface area contributed by atoms with Crippen molar-refractivity contribution in [1.82, 2.24) is 4.98 Å². The summed E-state index contributed by atoms with van der Waals surface area (Å²) in [5.74, 6) is -0.481. The molecule has 0 aliphatic rings. The van der Waals surface area contributed by atoms with Crippen LogP contribution in [0, 0.1) is 0 Å². The minimum Gasteiger partial charge on any atom is -0.397 e. The largest absolute Gasteiger partial charge is 0.397 e. The SMILES string of the molecule is CCc1cnc(CNc2ccc(C(N)=O)cc2N)s1. The number of aryl methyl sites for hydroxylation is 1. The molecular weight excluding hydrogens is 260 g/mol. The number of nitrogens with two attached hydrogens (primary N) is 2. The summed E-state index contributed by atoms with van der Waals surface area (Å²) < 4.78 is 0. The van der Waals surface area contributed by atoms with E-state index in [1.807, 2.05) is 6.20 Å². The van der Waals surface area contributed by atoms with Crippen molar-refractivity contribution in [1.29, 1.82) is 0 Å². The Morgan fingerprint density at radius 2 is 2.26 bits per heavy atom. The fourth-order valence-electron chi connectivity index (χ4n) is 1.64. The lowest BCUT2D eigenvalue weighted by molar-refractivity contribution is 0.100. The van der Waals surface area contributed by atoms with Gasteiger partial charge >= 0.3 is 0 Å². The number of amides is 1. The van der Waals surface area contributed by atoms with Crippen LogP contribution < -0.4 is 16.8 Å². The number of anilines is 2. The second kappa shape index (κ2) is 5.71. The van der Waals surface area contributed by atoms with Crippen molar-refractivity contribution in [2.75, 3.05) is 11.1 Å². The molecule has 5 N–H and O–H groups in total. The first-order valence-corrected chi connectivity index (χ1v) is 6.78. The van der Waals surface area contributed by atoms with Gasteiger partial charge in [0.15, 0.2) is 0 Å². The van der Waals surface area contributed by atoms with Gasteiger partial charge in [0.05, 0.1) is 17.9 Å². The number of nitrogen functional groups attached to an aromatic ring is 1. The summed E-state index contributed by atoms with van der Waals surface area (Å²) in [5, 5.41) is 4.21. The molecule has 0 aliphatic carbocycles. The number of aromatic nitrogens is 1. The van der Waals surface area contributed by atoms with E-state index >= 15 is 0 Å². The van der Waals surface area contributed by atoms with E-state index in [4.69, 9.17) is 11.5 Å². The zero-order valence-electron chi connectivity index (χ0n) is 10.6. The van der Waals surface area contributed by atoms with E-state index in [0.29, 0.717) is 17.8 Å². The highest BCUT2D eigenvalue weighted by Crippen LogP contribution is 2.21. The maximum absolute atomic E-state index is 11.0. The first-order valence-electron chi connectivity index (χ1n) is 5.97. The van der Waals surface area contributed by atoms with E-state index in [9.17, 15) is 4.79 Å². The van der Waals surface area contributed by atoms with Crippen LogP contribution in [0.4, 0.5) is 11.4 Å². The van der Waals surface area contributed by atoms with Crippen LogP contribution in [0.1, 0.15) is 27.2 Å². The lowest BCUT2D eigenvalue weighted by atomic mass is 10.1. The number of carbonyl (C=O) groups excluding carboxylic acids is 1. The van der Waals surface area contributed by atoms with Gasteiger partial charge in [-0.3, -0.25) is 4.79 Å². The maximum atomic E-state index is 11.0. The molecule has 2 aromatic rings. The Morgan fingerprint density at radius 3 is 2.84 bits per heavy atom. The van der Waals surface area contributed by atoms with Gasteiger partial charge in [0.1, 0.15) is 5.01 Å². The highest BCUT2D eigenvalue weighted by Gasteiger charge is 2.06. The number of nitrogens with one attached hydrogen (secondary N) is 1. The Labute approximate surface area is 115 Å². The minimum absolute atomic E-state index is 0.408. The van der Waals surface area contributed by atoms with Gasteiger partial charge in [0, 0.05) is 16.6 Å². The average molecular weight is 276 g/mol. The van der Waals surface area contributed by atoms with Gasteiger partial charge in [-0.25, -0.2) is 4.98 Å². The molecule has 0 spiro atoms. The standard InChI is InChI=1S/C13H16N4OS/c1-2-9-6-17-12(19-9)7-16-11-4-3-8(13(15)18)5-10(11)14/h3-6,16H,2,7,14H2,1H3,(H2,15,18). The van der Waals surface area contributed by atoms with Gasteiger partial charge < -0.3 is 16.8 Å². The number of primary amides is 1.